The number of fused-ring (bicyclic) bond motifs is 1. The molecule has 2 amide bonds. The zero-order valence-electron chi connectivity index (χ0n) is 11.0. The van der Waals surface area contributed by atoms with Gasteiger partial charge in [-0.25, -0.2) is 0 Å². The Labute approximate surface area is 133 Å². The van der Waals surface area contributed by atoms with Gasteiger partial charge in [0, 0.05) is 16.8 Å². The lowest BCUT2D eigenvalue weighted by atomic mass is 10.1. The molecule has 0 radical (unpaired) electrons. The molecule has 0 aromatic carbocycles. The van der Waals surface area contributed by atoms with Gasteiger partial charge in [-0.2, -0.15) is 0 Å². The van der Waals surface area contributed by atoms with Gasteiger partial charge in [-0.3, -0.25) is 14.5 Å². The molecule has 21 heavy (non-hydrogen) atoms. The van der Waals surface area contributed by atoms with Gasteiger partial charge in [-0.1, -0.05) is 12.1 Å². The van der Waals surface area contributed by atoms with E-state index >= 15 is 0 Å². The first-order chi connectivity index (χ1) is 10.2. The van der Waals surface area contributed by atoms with Crippen LogP contribution in [-0.2, 0) is 0 Å². The van der Waals surface area contributed by atoms with Crippen molar-refractivity contribution in [3.05, 3.63) is 46.2 Å². The lowest BCUT2D eigenvalue weighted by Crippen LogP contribution is -2.24. The summed E-state index contributed by atoms with van der Waals surface area (Å²) in [4.78, 5) is 30.0. The van der Waals surface area contributed by atoms with Crippen LogP contribution in [-0.4, -0.2) is 23.8 Å². The number of amides is 2. The van der Waals surface area contributed by atoms with Gasteiger partial charge in [0.05, 0.1) is 20.9 Å². The molecule has 6 heteroatoms. The molecule has 0 bridgehead atoms. The number of nitrogens with zero attached hydrogens (tertiary/aromatic N) is 1. The second-order valence-electron chi connectivity index (χ2n) is 4.63. The molecular weight excluding hydrogens is 322 g/mol. The molecule has 3 aromatic heterocycles. The van der Waals surface area contributed by atoms with Crippen LogP contribution < -0.4 is 0 Å². The largest absolute Gasteiger partial charge is 0.277 e. The summed E-state index contributed by atoms with van der Waals surface area (Å²) in [7, 11) is 1.55. The zero-order valence-corrected chi connectivity index (χ0v) is 13.4. The highest BCUT2D eigenvalue weighted by atomic mass is 32.1. The van der Waals surface area contributed by atoms with E-state index in [0.29, 0.717) is 11.1 Å². The molecule has 0 fully saturated rings. The Balaban J connectivity index is 2.04. The van der Waals surface area contributed by atoms with Crippen molar-refractivity contribution in [2.24, 2.45) is 0 Å². The fourth-order valence-corrected chi connectivity index (χ4v) is 5.43. The monoisotopic (exact) mass is 331 g/mol. The molecule has 0 N–H and O–H groups in total. The molecule has 0 saturated carbocycles. The predicted octanol–water partition coefficient (Wildman–Crippen LogP) is 4.43. The molecule has 1 aliphatic rings. The predicted molar refractivity (Wildman–Crippen MR) is 87.4 cm³/mol. The maximum absolute atomic E-state index is 12.4. The number of thiophene rings is 3. The first-order valence-corrected chi connectivity index (χ1v) is 8.83. The highest BCUT2D eigenvalue weighted by Gasteiger charge is 2.40. The second kappa shape index (κ2) is 4.62. The maximum atomic E-state index is 12.4. The number of rotatable bonds is 2. The van der Waals surface area contributed by atoms with Gasteiger partial charge in [0.15, 0.2) is 0 Å². The Bertz CT molecular complexity index is 775. The number of carbonyl (C=O) groups excluding carboxylic acids is 2. The van der Waals surface area contributed by atoms with Gasteiger partial charge < -0.3 is 0 Å². The van der Waals surface area contributed by atoms with E-state index in [4.69, 9.17) is 0 Å². The van der Waals surface area contributed by atoms with Crippen molar-refractivity contribution in [1.82, 2.24) is 4.90 Å². The summed E-state index contributed by atoms with van der Waals surface area (Å²) < 4.78 is 0. The number of carbonyl (C=O) groups is 2. The Morgan fingerprint density at radius 1 is 0.857 bits per heavy atom. The van der Waals surface area contributed by atoms with Gasteiger partial charge in [0.25, 0.3) is 11.8 Å². The molecule has 0 unspecified atom stereocenters. The minimum atomic E-state index is -0.197. The average molecular weight is 331 g/mol. The highest BCUT2D eigenvalue weighted by Crippen LogP contribution is 2.47. The van der Waals surface area contributed by atoms with E-state index in [1.54, 1.807) is 29.7 Å². The molecular formula is C15H9NO2S3. The van der Waals surface area contributed by atoms with Crippen LogP contribution in [0.3, 0.4) is 0 Å². The summed E-state index contributed by atoms with van der Waals surface area (Å²) in [6, 6.07) is 7.90. The third-order valence-corrected chi connectivity index (χ3v) is 6.72. The molecule has 104 valence electrons. The molecule has 3 aromatic rings. The van der Waals surface area contributed by atoms with Crippen LogP contribution in [0, 0.1) is 0 Å². The third kappa shape index (κ3) is 1.76. The van der Waals surface area contributed by atoms with Crippen molar-refractivity contribution in [2.75, 3.05) is 7.05 Å². The van der Waals surface area contributed by atoms with Crippen molar-refractivity contribution < 1.29 is 9.59 Å². The SMILES string of the molecule is CN1C(=O)c2c(-c3cccs3)sc(-c3cccs3)c2C1=O. The first kappa shape index (κ1) is 12.9. The molecule has 0 atom stereocenters. The van der Waals surface area contributed by atoms with Crippen LogP contribution >= 0.6 is 34.0 Å². The minimum absolute atomic E-state index is 0.197. The van der Waals surface area contributed by atoms with E-state index in [0.717, 1.165) is 19.5 Å². The van der Waals surface area contributed by atoms with Crippen LogP contribution in [0.1, 0.15) is 20.7 Å². The van der Waals surface area contributed by atoms with Gasteiger partial charge in [-0.15, -0.1) is 34.0 Å². The van der Waals surface area contributed by atoms with Gasteiger partial charge >= 0.3 is 0 Å². The summed E-state index contributed by atoms with van der Waals surface area (Å²) in [6.45, 7) is 0. The number of hydrogen-bond acceptors (Lipinski definition) is 5. The molecule has 0 saturated heterocycles. The molecule has 4 heterocycles. The van der Waals surface area contributed by atoms with E-state index in [1.165, 1.54) is 16.2 Å². The van der Waals surface area contributed by atoms with Crippen molar-refractivity contribution >= 4 is 45.8 Å². The van der Waals surface area contributed by atoms with Crippen LogP contribution in [0.15, 0.2) is 35.0 Å². The first-order valence-electron chi connectivity index (χ1n) is 6.25. The maximum Gasteiger partial charge on any atom is 0.262 e. The summed E-state index contributed by atoms with van der Waals surface area (Å²) >= 11 is 4.72. The van der Waals surface area contributed by atoms with E-state index in [9.17, 15) is 9.59 Å². The van der Waals surface area contributed by atoms with Gasteiger partial charge in [0.1, 0.15) is 0 Å². The van der Waals surface area contributed by atoms with Crippen molar-refractivity contribution in [2.45, 2.75) is 0 Å². The lowest BCUT2D eigenvalue weighted by Gasteiger charge is -2.06. The van der Waals surface area contributed by atoms with E-state index in [2.05, 4.69) is 0 Å². The summed E-state index contributed by atoms with van der Waals surface area (Å²) in [5.41, 5.74) is 1.14. The zero-order chi connectivity index (χ0) is 14.6. The van der Waals surface area contributed by atoms with E-state index < -0.39 is 0 Å². The van der Waals surface area contributed by atoms with Crippen LogP contribution in [0.2, 0.25) is 0 Å². The van der Waals surface area contributed by atoms with Gasteiger partial charge in [-0.05, 0) is 22.9 Å². The third-order valence-electron chi connectivity index (χ3n) is 3.44. The Hall–Kier alpha value is -1.76. The van der Waals surface area contributed by atoms with Crippen LogP contribution in [0.25, 0.3) is 19.5 Å². The Kier molecular flexibility index (Phi) is 2.85. The normalized spacial score (nSPS) is 14.0. The van der Waals surface area contributed by atoms with Crippen LogP contribution in [0.4, 0.5) is 0 Å². The Morgan fingerprint density at radius 3 is 1.71 bits per heavy atom. The topological polar surface area (TPSA) is 37.4 Å². The smallest absolute Gasteiger partial charge is 0.262 e. The summed E-state index contributed by atoms with van der Waals surface area (Å²) in [6.07, 6.45) is 0. The average Bonchev–Trinajstić information content (AvgIpc) is 3.23. The lowest BCUT2D eigenvalue weighted by molar-refractivity contribution is 0.0693. The van der Waals surface area contributed by atoms with Crippen LogP contribution in [0.5, 0.6) is 0 Å². The number of hydrogen-bond donors (Lipinski definition) is 0. The standard InChI is InChI=1S/C15H9NO2S3/c1-16-14(17)10-11(15(16)18)13(9-5-3-7-20-9)21-12(10)8-4-2-6-19-8/h2-7H,1H3. The van der Waals surface area contributed by atoms with Crippen molar-refractivity contribution in [1.29, 1.82) is 0 Å². The highest BCUT2D eigenvalue weighted by molar-refractivity contribution is 7.26. The quantitative estimate of drug-likeness (QED) is 0.651. The fourth-order valence-electron chi connectivity index (χ4n) is 2.43. The molecule has 1 aliphatic heterocycles. The van der Waals surface area contributed by atoms with Crippen molar-refractivity contribution in [3.8, 4) is 19.5 Å². The van der Waals surface area contributed by atoms with E-state index in [-0.39, 0.29) is 11.8 Å². The summed E-state index contributed by atoms with van der Waals surface area (Å²) in [5, 5.41) is 3.97. The van der Waals surface area contributed by atoms with Crippen molar-refractivity contribution in [3.63, 3.8) is 0 Å². The minimum Gasteiger partial charge on any atom is -0.277 e. The Morgan fingerprint density at radius 2 is 1.33 bits per heavy atom. The summed E-state index contributed by atoms with van der Waals surface area (Å²) in [5.74, 6) is -0.394. The molecule has 3 nitrogen and oxygen atoms in total. The van der Waals surface area contributed by atoms with E-state index in [1.807, 2.05) is 35.0 Å². The molecule has 4 rings (SSSR count). The number of imide groups is 1. The van der Waals surface area contributed by atoms with Gasteiger partial charge in [0.2, 0.25) is 0 Å². The fraction of sp³-hybridized carbons (Fsp3) is 0.0667. The second-order valence-corrected chi connectivity index (χ2v) is 7.55. The molecule has 0 aliphatic carbocycles. The molecule has 0 spiro atoms.